The van der Waals surface area contributed by atoms with Gasteiger partial charge in [0.25, 0.3) is 0 Å². The highest BCUT2D eigenvalue weighted by atomic mass is 32.1. The predicted molar refractivity (Wildman–Crippen MR) is 78.9 cm³/mol. The highest BCUT2D eigenvalue weighted by Crippen LogP contribution is 2.10. The molecule has 2 aromatic rings. The van der Waals surface area contributed by atoms with Crippen LogP contribution in [0.2, 0.25) is 0 Å². The van der Waals surface area contributed by atoms with E-state index in [1.165, 1.54) is 0 Å². The Morgan fingerprint density at radius 3 is 2.63 bits per heavy atom. The molecular weight excluding hydrogens is 256 g/mol. The topological polar surface area (TPSA) is 46.3 Å². The molecule has 19 heavy (non-hydrogen) atoms. The second-order valence-corrected chi connectivity index (χ2v) is 5.40. The fourth-order valence-corrected chi connectivity index (χ4v) is 2.63. The second-order valence-electron chi connectivity index (χ2n) is 4.62. The normalized spacial score (nSPS) is 12.1. The SMILES string of the molecule is CN(Cc1ccsc1)C(=O)C(N)Cc1ccccc1. The number of hydrogen-bond acceptors (Lipinski definition) is 3. The number of benzene rings is 1. The second kappa shape index (κ2) is 6.50. The lowest BCUT2D eigenvalue weighted by atomic mass is 10.1. The predicted octanol–water partition coefficient (Wildman–Crippen LogP) is 2.28. The van der Waals surface area contributed by atoms with E-state index < -0.39 is 6.04 Å². The highest BCUT2D eigenvalue weighted by molar-refractivity contribution is 7.07. The third-order valence-electron chi connectivity index (χ3n) is 2.99. The van der Waals surface area contributed by atoms with Gasteiger partial charge in [-0.2, -0.15) is 11.3 Å². The summed E-state index contributed by atoms with van der Waals surface area (Å²) in [5.41, 5.74) is 8.23. The molecule has 3 nitrogen and oxygen atoms in total. The van der Waals surface area contributed by atoms with E-state index in [9.17, 15) is 4.79 Å². The zero-order chi connectivity index (χ0) is 13.7. The number of rotatable bonds is 5. The molecule has 0 fully saturated rings. The fourth-order valence-electron chi connectivity index (χ4n) is 1.97. The van der Waals surface area contributed by atoms with Crippen molar-refractivity contribution < 1.29 is 4.79 Å². The number of nitrogens with two attached hydrogens (primary N) is 1. The third-order valence-corrected chi connectivity index (χ3v) is 3.72. The van der Waals surface area contributed by atoms with Crippen LogP contribution in [0.4, 0.5) is 0 Å². The fraction of sp³-hybridized carbons (Fsp3) is 0.267. The van der Waals surface area contributed by atoms with Crippen LogP contribution in [-0.2, 0) is 17.8 Å². The summed E-state index contributed by atoms with van der Waals surface area (Å²) in [6, 6.07) is 11.4. The number of likely N-dealkylation sites (N-methyl/N-ethyl adjacent to an activating group) is 1. The van der Waals surface area contributed by atoms with E-state index in [-0.39, 0.29) is 5.91 Å². The van der Waals surface area contributed by atoms with Gasteiger partial charge in [-0.25, -0.2) is 0 Å². The molecule has 0 saturated heterocycles. The summed E-state index contributed by atoms with van der Waals surface area (Å²) < 4.78 is 0. The van der Waals surface area contributed by atoms with Gasteiger partial charge in [0.2, 0.25) is 5.91 Å². The Balaban J connectivity index is 1.91. The maximum absolute atomic E-state index is 12.2. The van der Waals surface area contributed by atoms with Crippen molar-refractivity contribution in [1.29, 1.82) is 0 Å². The summed E-state index contributed by atoms with van der Waals surface area (Å²) >= 11 is 1.64. The quantitative estimate of drug-likeness (QED) is 0.909. The van der Waals surface area contributed by atoms with Crippen LogP contribution in [0.25, 0.3) is 0 Å². The lowest BCUT2D eigenvalue weighted by molar-refractivity contribution is -0.131. The van der Waals surface area contributed by atoms with Gasteiger partial charge in [-0.05, 0) is 34.4 Å². The van der Waals surface area contributed by atoms with Crippen LogP contribution in [0.1, 0.15) is 11.1 Å². The molecule has 2 N–H and O–H groups in total. The molecule has 0 saturated carbocycles. The van der Waals surface area contributed by atoms with Gasteiger partial charge in [-0.3, -0.25) is 4.79 Å². The molecule has 4 heteroatoms. The van der Waals surface area contributed by atoms with Crippen molar-refractivity contribution in [1.82, 2.24) is 4.90 Å². The van der Waals surface area contributed by atoms with Crippen LogP contribution in [0.3, 0.4) is 0 Å². The number of thiophene rings is 1. The van der Waals surface area contributed by atoms with Gasteiger partial charge in [0.15, 0.2) is 0 Å². The first-order valence-electron chi connectivity index (χ1n) is 6.22. The monoisotopic (exact) mass is 274 g/mol. The molecule has 0 bridgehead atoms. The molecule has 0 radical (unpaired) electrons. The van der Waals surface area contributed by atoms with Crippen molar-refractivity contribution in [3.8, 4) is 0 Å². The molecule has 2 rings (SSSR count). The standard InChI is InChI=1S/C15H18N2OS/c1-17(10-13-7-8-19-11-13)15(18)14(16)9-12-5-3-2-4-6-12/h2-8,11,14H,9-10,16H2,1H3. The van der Waals surface area contributed by atoms with E-state index in [1.807, 2.05) is 47.2 Å². The number of nitrogens with zero attached hydrogens (tertiary/aromatic N) is 1. The minimum absolute atomic E-state index is 0.0185. The zero-order valence-corrected chi connectivity index (χ0v) is 11.8. The molecule has 1 aromatic heterocycles. The van der Waals surface area contributed by atoms with Crippen molar-refractivity contribution in [3.63, 3.8) is 0 Å². The maximum Gasteiger partial charge on any atom is 0.239 e. The van der Waals surface area contributed by atoms with Crippen LogP contribution in [0.5, 0.6) is 0 Å². The molecular formula is C15H18N2OS. The van der Waals surface area contributed by atoms with Gasteiger partial charge in [0.1, 0.15) is 0 Å². The number of carbonyl (C=O) groups excluding carboxylic acids is 1. The summed E-state index contributed by atoms with van der Waals surface area (Å²) in [5, 5.41) is 4.06. The van der Waals surface area contributed by atoms with Gasteiger partial charge >= 0.3 is 0 Å². The van der Waals surface area contributed by atoms with Crippen molar-refractivity contribution >= 4 is 17.2 Å². The van der Waals surface area contributed by atoms with Crippen LogP contribution in [0.15, 0.2) is 47.2 Å². The average Bonchev–Trinajstić information content (AvgIpc) is 2.91. The van der Waals surface area contributed by atoms with E-state index in [2.05, 4.69) is 0 Å². The van der Waals surface area contributed by atoms with Crippen LogP contribution in [-0.4, -0.2) is 23.9 Å². The first kappa shape index (κ1) is 13.8. The minimum Gasteiger partial charge on any atom is -0.340 e. The molecule has 0 aliphatic heterocycles. The van der Waals surface area contributed by atoms with E-state index in [0.29, 0.717) is 13.0 Å². The Hall–Kier alpha value is -1.65. The van der Waals surface area contributed by atoms with Crippen molar-refractivity contribution in [2.24, 2.45) is 5.73 Å². The molecule has 0 spiro atoms. The molecule has 100 valence electrons. The largest absolute Gasteiger partial charge is 0.340 e. The summed E-state index contributed by atoms with van der Waals surface area (Å²) in [5.74, 6) is -0.0185. The summed E-state index contributed by atoms with van der Waals surface area (Å²) in [6.07, 6.45) is 0.577. The molecule has 1 atom stereocenters. The van der Waals surface area contributed by atoms with Gasteiger partial charge in [0.05, 0.1) is 6.04 Å². The van der Waals surface area contributed by atoms with E-state index >= 15 is 0 Å². The van der Waals surface area contributed by atoms with Gasteiger partial charge in [0, 0.05) is 13.6 Å². The Morgan fingerprint density at radius 1 is 1.26 bits per heavy atom. The lowest BCUT2D eigenvalue weighted by Crippen LogP contribution is -2.42. The molecule has 0 aliphatic carbocycles. The van der Waals surface area contributed by atoms with Crippen molar-refractivity contribution in [2.75, 3.05) is 7.05 Å². The van der Waals surface area contributed by atoms with Gasteiger partial charge < -0.3 is 10.6 Å². The third kappa shape index (κ3) is 3.91. The Kier molecular flexibility index (Phi) is 4.71. The number of amides is 1. The first-order chi connectivity index (χ1) is 9.16. The number of carbonyl (C=O) groups is 1. The molecule has 0 aliphatic rings. The Bertz CT molecular complexity index is 510. The molecule has 1 heterocycles. The summed E-state index contributed by atoms with van der Waals surface area (Å²) in [6.45, 7) is 0.616. The highest BCUT2D eigenvalue weighted by Gasteiger charge is 2.18. The van der Waals surface area contributed by atoms with E-state index in [1.54, 1.807) is 23.3 Å². The molecule has 1 aromatic carbocycles. The van der Waals surface area contributed by atoms with E-state index in [4.69, 9.17) is 5.73 Å². The average molecular weight is 274 g/mol. The van der Waals surface area contributed by atoms with Crippen molar-refractivity contribution in [2.45, 2.75) is 19.0 Å². The van der Waals surface area contributed by atoms with Gasteiger partial charge in [-0.15, -0.1) is 0 Å². The molecule has 1 amide bonds. The first-order valence-corrected chi connectivity index (χ1v) is 7.16. The van der Waals surface area contributed by atoms with Gasteiger partial charge in [-0.1, -0.05) is 30.3 Å². The zero-order valence-electron chi connectivity index (χ0n) is 11.0. The van der Waals surface area contributed by atoms with Crippen LogP contribution in [0, 0.1) is 0 Å². The minimum atomic E-state index is -0.481. The Morgan fingerprint density at radius 2 is 2.00 bits per heavy atom. The summed E-state index contributed by atoms with van der Waals surface area (Å²) in [4.78, 5) is 13.9. The smallest absolute Gasteiger partial charge is 0.239 e. The lowest BCUT2D eigenvalue weighted by Gasteiger charge is -2.21. The Labute approximate surface area is 117 Å². The van der Waals surface area contributed by atoms with Crippen LogP contribution < -0.4 is 5.73 Å². The van der Waals surface area contributed by atoms with Crippen molar-refractivity contribution in [3.05, 3.63) is 58.3 Å². The number of hydrogen-bond donors (Lipinski definition) is 1. The maximum atomic E-state index is 12.2. The summed E-state index contributed by atoms with van der Waals surface area (Å²) in [7, 11) is 1.80. The van der Waals surface area contributed by atoms with Crippen LogP contribution >= 0.6 is 11.3 Å². The van der Waals surface area contributed by atoms with E-state index in [0.717, 1.165) is 11.1 Å². The molecule has 1 unspecified atom stereocenters.